The number of hydrogen-bond acceptors (Lipinski definition) is 6. The lowest BCUT2D eigenvalue weighted by Gasteiger charge is -2.26. The van der Waals surface area contributed by atoms with Crippen LogP contribution in [0.2, 0.25) is 6.04 Å². The summed E-state index contributed by atoms with van der Waals surface area (Å²) < 4.78 is 41.3. The maximum absolute atomic E-state index is 13.2. The molecule has 9 heteroatoms. The molecule has 0 unspecified atom stereocenters. The summed E-state index contributed by atoms with van der Waals surface area (Å²) in [6, 6.07) is 3.83. The number of benzene rings is 1. The van der Waals surface area contributed by atoms with Gasteiger partial charge >= 0.3 is 8.80 Å². The van der Waals surface area contributed by atoms with E-state index in [0.717, 1.165) is 32.9 Å². The molecule has 0 bridgehead atoms. The molecule has 144 valence electrons. The second-order valence-electron chi connectivity index (χ2n) is 5.77. The number of halogens is 2. The summed E-state index contributed by atoms with van der Waals surface area (Å²) in [4.78, 5) is 34.0. The summed E-state index contributed by atoms with van der Waals surface area (Å²) in [7, 11) is -3.79. The Hall–Kier alpha value is -2.29. The fraction of sp³-hybridized carbons (Fsp3) is 0.471. The zero-order valence-corrected chi connectivity index (χ0v) is 16.0. The normalized spacial score (nSPS) is 11.0. The minimum absolute atomic E-state index is 0.101. The third kappa shape index (κ3) is 7.73. The van der Waals surface area contributed by atoms with E-state index in [2.05, 4.69) is 0 Å². The van der Waals surface area contributed by atoms with E-state index in [0.29, 0.717) is 31.2 Å². The number of unbranched alkanes of at least 4 members (excludes halogenated alkanes) is 2. The van der Waals surface area contributed by atoms with Crippen molar-refractivity contribution in [3.05, 3.63) is 35.4 Å². The first kappa shape index (κ1) is 21.7. The molecule has 0 fully saturated rings. The van der Waals surface area contributed by atoms with Crippen LogP contribution in [0.15, 0.2) is 18.2 Å². The highest BCUT2D eigenvalue weighted by molar-refractivity contribution is 6.65. The van der Waals surface area contributed by atoms with Gasteiger partial charge in [-0.25, -0.2) is 8.78 Å². The average molecular weight is 388 g/mol. The summed E-state index contributed by atoms with van der Waals surface area (Å²) in [6.07, 6.45) is 2.26. The molecule has 0 spiro atoms. The molecule has 1 rings (SSSR count). The van der Waals surface area contributed by atoms with Crippen molar-refractivity contribution in [2.75, 3.05) is 0 Å². The Labute approximate surface area is 151 Å². The van der Waals surface area contributed by atoms with Crippen molar-refractivity contribution in [2.24, 2.45) is 0 Å². The molecule has 0 aliphatic rings. The molecule has 6 nitrogen and oxygen atoms in total. The highest BCUT2D eigenvalue weighted by atomic mass is 28.4. The van der Waals surface area contributed by atoms with Crippen LogP contribution in [-0.2, 0) is 34.1 Å². The van der Waals surface area contributed by atoms with E-state index in [-0.39, 0.29) is 6.04 Å². The largest absolute Gasteiger partial charge is 0.705 e. The lowest BCUT2D eigenvalue weighted by molar-refractivity contribution is -0.147. The molecule has 0 N–H and O–H groups in total. The SMILES string of the molecule is CC(=O)O[Si](CCCCCc1ccc(F)c(F)c1)(OC(C)=O)OC(C)=O. The number of hydrogen-bond donors (Lipinski definition) is 0. The lowest BCUT2D eigenvalue weighted by atomic mass is 10.1. The minimum atomic E-state index is -3.79. The molecule has 0 heterocycles. The Morgan fingerprint density at radius 2 is 1.38 bits per heavy atom. The van der Waals surface area contributed by atoms with Crippen LogP contribution >= 0.6 is 0 Å². The topological polar surface area (TPSA) is 78.9 Å². The van der Waals surface area contributed by atoms with E-state index in [1.165, 1.54) is 6.07 Å². The van der Waals surface area contributed by atoms with Crippen molar-refractivity contribution in [3.8, 4) is 0 Å². The Morgan fingerprint density at radius 1 is 0.846 bits per heavy atom. The van der Waals surface area contributed by atoms with E-state index in [1.807, 2.05) is 0 Å². The molecule has 1 aromatic carbocycles. The van der Waals surface area contributed by atoms with E-state index in [1.54, 1.807) is 0 Å². The Balaban J connectivity index is 2.61. The van der Waals surface area contributed by atoms with Gasteiger partial charge in [-0.3, -0.25) is 14.4 Å². The Bertz CT molecular complexity index is 624. The van der Waals surface area contributed by atoms with Crippen LogP contribution in [-0.4, -0.2) is 26.7 Å². The molecular formula is C17H22F2O6Si. The van der Waals surface area contributed by atoms with Gasteiger partial charge in [-0.05, 0) is 37.0 Å². The van der Waals surface area contributed by atoms with E-state index < -0.39 is 38.3 Å². The van der Waals surface area contributed by atoms with Gasteiger partial charge in [0, 0.05) is 20.8 Å². The second-order valence-corrected chi connectivity index (χ2v) is 8.25. The molecule has 0 aliphatic heterocycles. The molecule has 0 aliphatic carbocycles. The first-order valence-electron chi connectivity index (χ1n) is 8.16. The highest BCUT2D eigenvalue weighted by Gasteiger charge is 2.51. The van der Waals surface area contributed by atoms with Crippen molar-refractivity contribution < 1.29 is 36.4 Å². The van der Waals surface area contributed by atoms with Crippen LogP contribution in [0.3, 0.4) is 0 Å². The van der Waals surface area contributed by atoms with Gasteiger partial charge in [0.05, 0.1) is 6.04 Å². The Morgan fingerprint density at radius 3 is 1.85 bits per heavy atom. The van der Waals surface area contributed by atoms with Crippen LogP contribution < -0.4 is 0 Å². The van der Waals surface area contributed by atoms with E-state index >= 15 is 0 Å². The van der Waals surface area contributed by atoms with Crippen molar-refractivity contribution in [3.63, 3.8) is 0 Å². The van der Waals surface area contributed by atoms with Gasteiger partial charge < -0.3 is 13.3 Å². The number of carbonyl (C=O) groups excluding carboxylic acids is 3. The zero-order valence-electron chi connectivity index (χ0n) is 15.0. The highest BCUT2D eigenvalue weighted by Crippen LogP contribution is 2.22. The van der Waals surface area contributed by atoms with Crippen molar-refractivity contribution in [2.45, 2.75) is 52.5 Å². The van der Waals surface area contributed by atoms with Gasteiger partial charge in [0.2, 0.25) is 0 Å². The summed E-state index contributed by atoms with van der Waals surface area (Å²) >= 11 is 0. The predicted octanol–water partition coefficient (Wildman–Crippen LogP) is 3.31. The third-order valence-electron chi connectivity index (χ3n) is 3.33. The summed E-state index contributed by atoms with van der Waals surface area (Å²) in [5, 5.41) is 0. The number of carbonyl (C=O) groups is 3. The van der Waals surface area contributed by atoms with Gasteiger partial charge in [0.1, 0.15) is 0 Å². The molecule has 0 saturated carbocycles. The van der Waals surface area contributed by atoms with Gasteiger partial charge in [0.15, 0.2) is 11.6 Å². The summed E-state index contributed by atoms with van der Waals surface area (Å²) in [5.41, 5.74) is 0.660. The molecule has 0 radical (unpaired) electrons. The molecule has 1 aromatic rings. The van der Waals surface area contributed by atoms with Crippen LogP contribution in [0.1, 0.15) is 45.6 Å². The van der Waals surface area contributed by atoms with E-state index in [4.69, 9.17) is 13.3 Å². The molecule has 0 amide bonds. The summed E-state index contributed by atoms with van der Waals surface area (Å²) in [6.45, 7) is 3.41. The Kier molecular flexibility index (Phi) is 8.37. The molecule has 0 atom stereocenters. The van der Waals surface area contributed by atoms with Crippen LogP contribution in [0.4, 0.5) is 8.78 Å². The standard InChI is InChI=1S/C17H22F2O6Si/c1-12(20)23-26(24-13(2)21,25-14(3)22)10-6-4-5-7-15-8-9-16(18)17(19)11-15/h8-9,11H,4-7,10H2,1-3H3. The van der Waals surface area contributed by atoms with Crippen LogP contribution in [0.5, 0.6) is 0 Å². The third-order valence-corrected chi connectivity index (χ3v) is 6.09. The molecule has 0 aromatic heterocycles. The molecular weight excluding hydrogens is 366 g/mol. The molecule has 26 heavy (non-hydrogen) atoms. The number of aryl methyl sites for hydroxylation is 1. The fourth-order valence-electron chi connectivity index (χ4n) is 2.42. The lowest BCUT2D eigenvalue weighted by Crippen LogP contribution is -2.49. The van der Waals surface area contributed by atoms with Crippen molar-refractivity contribution in [1.82, 2.24) is 0 Å². The second kappa shape index (κ2) is 10.0. The molecule has 0 saturated heterocycles. The first-order valence-corrected chi connectivity index (χ1v) is 10.1. The number of rotatable bonds is 9. The maximum atomic E-state index is 13.2. The van der Waals surface area contributed by atoms with Crippen LogP contribution in [0, 0.1) is 11.6 Å². The first-order chi connectivity index (χ1) is 12.1. The quantitative estimate of drug-likeness (QED) is 0.477. The van der Waals surface area contributed by atoms with Gasteiger partial charge in [-0.2, -0.15) is 0 Å². The summed E-state index contributed by atoms with van der Waals surface area (Å²) in [5.74, 6) is -3.91. The van der Waals surface area contributed by atoms with Gasteiger partial charge in [-0.1, -0.05) is 12.5 Å². The maximum Gasteiger partial charge on any atom is 0.705 e. The monoisotopic (exact) mass is 388 g/mol. The van der Waals surface area contributed by atoms with Gasteiger partial charge in [0.25, 0.3) is 17.9 Å². The van der Waals surface area contributed by atoms with Crippen LogP contribution in [0.25, 0.3) is 0 Å². The van der Waals surface area contributed by atoms with Crippen molar-refractivity contribution in [1.29, 1.82) is 0 Å². The average Bonchev–Trinajstić information content (AvgIpc) is 2.48. The van der Waals surface area contributed by atoms with Crippen molar-refractivity contribution >= 4 is 26.7 Å². The zero-order chi connectivity index (χ0) is 19.7. The minimum Gasteiger partial charge on any atom is -0.455 e. The smallest absolute Gasteiger partial charge is 0.455 e. The van der Waals surface area contributed by atoms with Gasteiger partial charge in [-0.15, -0.1) is 0 Å². The fourth-order valence-corrected chi connectivity index (χ4v) is 4.84. The predicted molar refractivity (Wildman–Crippen MR) is 89.8 cm³/mol. The van der Waals surface area contributed by atoms with E-state index in [9.17, 15) is 23.2 Å².